The van der Waals surface area contributed by atoms with Crippen molar-refractivity contribution in [2.45, 2.75) is 19.3 Å². The number of nitrogens with one attached hydrogen (secondary N) is 1. The number of piperazine rings is 1. The molecule has 0 radical (unpaired) electrons. The highest BCUT2D eigenvalue weighted by Gasteiger charge is 2.36. The molecule has 0 spiro atoms. The predicted molar refractivity (Wildman–Crippen MR) is 167 cm³/mol. The average molecular weight is 614 g/mol. The van der Waals surface area contributed by atoms with Crippen LogP contribution in [0.3, 0.4) is 0 Å². The van der Waals surface area contributed by atoms with Crippen molar-refractivity contribution in [3.8, 4) is 22.6 Å². The molecule has 4 heterocycles. The number of aryl methyl sites for hydroxylation is 2. The molecule has 12 heteroatoms. The highest BCUT2D eigenvalue weighted by atomic mass is 19.4. The second-order valence-corrected chi connectivity index (χ2v) is 11.0. The van der Waals surface area contributed by atoms with Gasteiger partial charge in [0, 0.05) is 62.7 Å². The van der Waals surface area contributed by atoms with Crippen molar-refractivity contribution >= 4 is 27.6 Å². The number of rotatable bonds is 7. The van der Waals surface area contributed by atoms with Gasteiger partial charge in [-0.1, -0.05) is 23.4 Å². The highest BCUT2D eigenvalue weighted by molar-refractivity contribution is 6.04. The maximum Gasteiger partial charge on any atom is 0.418 e. The van der Waals surface area contributed by atoms with Crippen LogP contribution in [-0.2, 0) is 19.3 Å². The van der Waals surface area contributed by atoms with E-state index < -0.39 is 11.7 Å². The molecule has 6 aromatic rings. The molecule has 0 atom stereocenters. The largest absolute Gasteiger partial charge is 0.497 e. The van der Waals surface area contributed by atoms with Crippen molar-refractivity contribution in [1.82, 2.24) is 29.4 Å². The van der Waals surface area contributed by atoms with Gasteiger partial charge in [0.1, 0.15) is 11.3 Å². The smallest absolute Gasteiger partial charge is 0.418 e. The predicted octanol–water partition coefficient (Wildman–Crippen LogP) is 5.34. The number of benzene rings is 3. The van der Waals surface area contributed by atoms with E-state index in [-0.39, 0.29) is 22.5 Å². The standard InChI is InChI=1S/C33H30F3N7O2/c1-45-25-8-4-22(5-9-25)23-6-10-28-26(20-23)31-30(32(44)42(28)19-18-40-14-2-3-15-40)38-39-43(31)24-7-11-29(27(21-24)33(34,35)36)41-16-12-37-13-17-41/h2-11,14-15,20-21,37H,12-13,16-19H2,1H3. The number of aromatic nitrogens is 5. The van der Waals surface area contributed by atoms with Gasteiger partial charge in [-0.15, -0.1) is 5.10 Å². The summed E-state index contributed by atoms with van der Waals surface area (Å²) in [4.78, 5) is 15.6. The Morgan fingerprint density at radius 2 is 1.64 bits per heavy atom. The number of hydrogen-bond donors (Lipinski definition) is 1. The number of nitrogens with zero attached hydrogens (tertiary/aromatic N) is 6. The fourth-order valence-electron chi connectivity index (χ4n) is 6.03. The van der Waals surface area contributed by atoms with Crippen LogP contribution in [0, 0.1) is 0 Å². The van der Waals surface area contributed by atoms with E-state index >= 15 is 0 Å². The van der Waals surface area contributed by atoms with Crippen LogP contribution in [0.15, 0.2) is 90.0 Å². The number of halogens is 3. The van der Waals surface area contributed by atoms with Crippen LogP contribution in [-0.4, -0.2) is 57.4 Å². The van der Waals surface area contributed by atoms with Gasteiger partial charge < -0.3 is 24.1 Å². The van der Waals surface area contributed by atoms with Crippen LogP contribution in [0.5, 0.6) is 5.75 Å². The van der Waals surface area contributed by atoms with E-state index in [0.29, 0.717) is 61.4 Å². The zero-order chi connectivity index (χ0) is 31.1. The van der Waals surface area contributed by atoms with Crippen molar-refractivity contribution in [1.29, 1.82) is 0 Å². The monoisotopic (exact) mass is 613 g/mol. The molecule has 0 aliphatic carbocycles. The van der Waals surface area contributed by atoms with Gasteiger partial charge in [0.2, 0.25) is 0 Å². The van der Waals surface area contributed by atoms with Gasteiger partial charge in [-0.2, -0.15) is 13.2 Å². The summed E-state index contributed by atoms with van der Waals surface area (Å²) in [5, 5.41) is 12.3. The lowest BCUT2D eigenvalue weighted by Gasteiger charge is -2.31. The van der Waals surface area contributed by atoms with Gasteiger partial charge in [-0.3, -0.25) is 4.79 Å². The second kappa shape index (κ2) is 11.4. The second-order valence-electron chi connectivity index (χ2n) is 11.0. The molecular formula is C33H30F3N7O2. The molecule has 230 valence electrons. The zero-order valence-electron chi connectivity index (χ0n) is 24.5. The highest BCUT2D eigenvalue weighted by Crippen LogP contribution is 2.39. The van der Waals surface area contributed by atoms with Crippen molar-refractivity contribution in [3.05, 3.63) is 101 Å². The fourth-order valence-corrected chi connectivity index (χ4v) is 6.03. The van der Waals surface area contributed by atoms with E-state index in [4.69, 9.17) is 4.74 Å². The molecule has 9 nitrogen and oxygen atoms in total. The van der Waals surface area contributed by atoms with Crippen molar-refractivity contribution in [2.24, 2.45) is 0 Å². The molecule has 0 saturated carbocycles. The molecule has 45 heavy (non-hydrogen) atoms. The summed E-state index contributed by atoms with van der Waals surface area (Å²) in [7, 11) is 1.60. The quantitative estimate of drug-likeness (QED) is 0.262. The lowest BCUT2D eigenvalue weighted by atomic mass is 10.0. The maximum absolute atomic E-state index is 14.5. The summed E-state index contributed by atoms with van der Waals surface area (Å²) >= 11 is 0. The number of fused-ring (bicyclic) bond motifs is 3. The normalized spacial score (nSPS) is 14.0. The Kier molecular flexibility index (Phi) is 7.28. The van der Waals surface area contributed by atoms with Gasteiger partial charge >= 0.3 is 6.18 Å². The third kappa shape index (κ3) is 5.31. The van der Waals surface area contributed by atoms with Gasteiger partial charge in [0.05, 0.1) is 23.9 Å². The van der Waals surface area contributed by atoms with Crippen LogP contribution in [0.4, 0.5) is 18.9 Å². The molecular weight excluding hydrogens is 583 g/mol. The zero-order valence-corrected chi connectivity index (χ0v) is 24.5. The SMILES string of the molecule is COc1ccc(-c2ccc3c(c2)c2c(nnn2-c2ccc(N4CCNCC4)c(C(F)(F)F)c2)c(=O)n3CCn2cccc2)cc1. The van der Waals surface area contributed by atoms with E-state index in [0.717, 1.165) is 17.2 Å². The Labute approximate surface area is 256 Å². The lowest BCUT2D eigenvalue weighted by molar-refractivity contribution is -0.137. The number of ether oxygens (including phenoxy) is 1. The van der Waals surface area contributed by atoms with Gasteiger partial charge in [-0.05, 0) is 65.7 Å². The van der Waals surface area contributed by atoms with Gasteiger partial charge in [-0.25, -0.2) is 4.68 Å². The van der Waals surface area contributed by atoms with Crippen LogP contribution in [0.2, 0.25) is 0 Å². The Balaban J connectivity index is 1.43. The fraction of sp³-hybridized carbons (Fsp3) is 0.242. The summed E-state index contributed by atoms with van der Waals surface area (Å²) in [6, 6.07) is 21.3. The van der Waals surface area contributed by atoms with E-state index in [9.17, 15) is 18.0 Å². The molecule has 3 aromatic carbocycles. The Morgan fingerprint density at radius 3 is 2.36 bits per heavy atom. The molecule has 0 unspecified atom stereocenters. The summed E-state index contributed by atoms with van der Waals surface area (Å²) in [5.74, 6) is 0.716. The third-order valence-corrected chi connectivity index (χ3v) is 8.32. The minimum Gasteiger partial charge on any atom is -0.497 e. The van der Waals surface area contributed by atoms with E-state index in [2.05, 4.69) is 15.6 Å². The molecule has 1 aliphatic heterocycles. The summed E-state index contributed by atoms with van der Waals surface area (Å²) < 4.78 is 53.7. The van der Waals surface area contributed by atoms with E-state index in [1.54, 1.807) is 22.6 Å². The van der Waals surface area contributed by atoms with Crippen molar-refractivity contribution < 1.29 is 17.9 Å². The number of anilines is 1. The first-order valence-electron chi connectivity index (χ1n) is 14.7. The molecule has 7 rings (SSSR count). The van der Waals surface area contributed by atoms with Gasteiger partial charge in [0.25, 0.3) is 5.56 Å². The van der Waals surface area contributed by atoms with Crippen LogP contribution in [0.25, 0.3) is 38.8 Å². The number of methoxy groups -OCH3 is 1. The summed E-state index contributed by atoms with van der Waals surface area (Å²) in [6.07, 6.45) is -0.750. The Morgan fingerprint density at radius 1 is 0.911 bits per heavy atom. The molecule has 1 fully saturated rings. The molecule has 0 bridgehead atoms. The summed E-state index contributed by atoms with van der Waals surface area (Å²) in [6.45, 7) is 3.06. The van der Waals surface area contributed by atoms with Crippen LogP contribution in [0.1, 0.15) is 5.56 Å². The Hall–Kier alpha value is -5.10. The number of hydrogen-bond acceptors (Lipinski definition) is 6. The van der Waals surface area contributed by atoms with Crippen LogP contribution < -0.4 is 20.5 Å². The Bertz CT molecular complexity index is 2040. The van der Waals surface area contributed by atoms with E-state index in [1.807, 2.05) is 71.6 Å². The average Bonchev–Trinajstić information content (AvgIpc) is 3.75. The number of pyridine rings is 1. The molecule has 0 amide bonds. The maximum atomic E-state index is 14.5. The molecule has 1 aliphatic rings. The van der Waals surface area contributed by atoms with Crippen LogP contribution >= 0.6 is 0 Å². The first-order valence-corrected chi connectivity index (χ1v) is 14.7. The lowest BCUT2D eigenvalue weighted by Crippen LogP contribution is -2.44. The summed E-state index contributed by atoms with van der Waals surface area (Å²) in [5.41, 5.74) is 2.02. The molecule has 1 saturated heterocycles. The molecule has 3 aromatic heterocycles. The van der Waals surface area contributed by atoms with Crippen molar-refractivity contribution in [3.63, 3.8) is 0 Å². The van der Waals surface area contributed by atoms with Gasteiger partial charge in [0.15, 0.2) is 5.52 Å². The van der Waals surface area contributed by atoms with E-state index in [1.165, 1.54) is 10.7 Å². The minimum absolute atomic E-state index is 0.0848. The molecule has 1 N–H and O–H groups in total. The minimum atomic E-state index is -4.60. The number of alkyl halides is 3. The third-order valence-electron chi connectivity index (χ3n) is 8.32. The first kappa shape index (κ1) is 28.7. The van der Waals surface area contributed by atoms with Crippen molar-refractivity contribution in [2.75, 3.05) is 38.2 Å². The topological polar surface area (TPSA) is 82.1 Å². The first-order chi connectivity index (χ1) is 21.8.